The third kappa shape index (κ3) is 4.16. The summed E-state index contributed by atoms with van der Waals surface area (Å²) in [6, 6.07) is 8.61. The molecule has 4 nitrogen and oxygen atoms in total. The average molecular weight is 328 g/mol. The largest absolute Gasteiger partial charge is 0.341 e. The lowest BCUT2D eigenvalue weighted by Gasteiger charge is -2.34. The van der Waals surface area contributed by atoms with Crippen LogP contribution in [0.4, 0.5) is 0 Å². The van der Waals surface area contributed by atoms with Gasteiger partial charge in [0.25, 0.3) is 0 Å². The molecule has 0 aromatic heterocycles. The SMILES string of the molecule is Cc1cccc(C2CCCN(C(=O)CN3CCCCCC3=O)C2)c1. The summed E-state index contributed by atoms with van der Waals surface area (Å²) in [4.78, 5) is 28.5. The summed E-state index contributed by atoms with van der Waals surface area (Å²) in [5.74, 6) is 0.679. The van der Waals surface area contributed by atoms with E-state index in [1.54, 1.807) is 4.90 Å². The van der Waals surface area contributed by atoms with Crippen molar-refractivity contribution in [2.24, 2.45) is 0 Å². The van der Waals surface area contributed by atoms with Gasteiger partial charge in [-0.3, -0.25) is 9.59 Å². The molecule has 2 aliphatic heterocycles. The van der Waals surface area contributed by atoms with Crippen molar-refractivity contribution in [3.63, 3.8) is 0 Å². The predicted molar refractivity (Wildman–Crippen MR) is 94.8 cm³/mol. The van der Waals surface area contributed by atoms with Crippen molar-refractivity contribution >= 4 is 11.8 Å². The van der Waals surface area contributed by atoms with Crippen molar-refractivity contribution in [3.8, 4) is 0 Å². The van der Waals surface area contributed by atoms with Crippen molar-refractivity contribution < 1.29 is 9.59 Å². The fourth-order valence-corrected chi connectivity index (χ4v) is 3.87. The zero-order valence-electron chi connectivity index (χ0n) is 14.7. The van der Waals surface area contributed by atoms with Gasteiger partial charge in [0.15, 0.2) is 0 Å². The Balaban J connectivity index is 1.61. The van der Waals surface area contributed by atoms with Crippen LogP contribution < -0.4 is 0 Å². The number of rotatable bonds is 3. The molecule has 0 spiro atoms. The van der Waals surface area contributed by atoms with Crippen LogP contribution in [0.15, 0.2) is 24.3 Å². The maximum atomic E-state index is 12.7. The standard InChI is InChI=1S/C20H28N2O2/c1-16-7-5-8-17(13-16)18-9-6-12-21(14-18)20(24)15-22-11-4-2-3-10-19(22)23/h5,7-8,13,18H,2-4,6,9-12,14-15H2,1H3. The molecular weight excluding hydrogens is 300 g/mol. The van der Waals surface area contributed by atoms with Gasteiger partial charge in [-0.05, 0) is 38.2 Å². The second-order valence-electron chi connectivity index (χ2n) is 7.22. The van der Waals surface area contributed by atoms with Gasteiger partial charge in [0.1, 0.15) is 0 Å². The van der Waals surface area contributed by atoms with Gasteiger partial charge in [0.05, 0.1) is 6.54 Å². The Kier molecular flexibility index (Phi) is 5.54. The topological polar surface area (TPSA) is 40.6 Å². The highest BCUT2D eigenvalue weighted by Gasteiger charge is 2.27. The Hall–Kier alpha value is -1.84. The van der Waals surface area contributed by atoms with E-state index in [-0.39, 0.29) is 18.4 Å². The van der Waals surface area contributed by atoms with Crippen LogP contribution in [0.5, 0.6) is 0 Å². The lowest BCUT2D eigenvalue weighted by molar-refractivity contribution is -0.140. The molecule has 0 aliphatic carbocycles. The second kappa shape index (κ2) is 7.82. The molecule has 0 saturated carbocycles. The minimum absolute atomic E-state index is 0.114. The van der Waals surface area contributed by atoms with E-state index in [9.17, 15) is 9.59 Å². The van der Waals surface area contributed by atoms with Gasteiger partial charge in [-0.25, -0.2) is 0 Å². The first-order chi connectivity index (χ1) is 11.6. The van der Waals surface area contributed by atoms with Gasteiger partial charge < -0.3 is 9.80 Å². The summed E-state index contributed by atoms with van der Waals surface area (Å²) >= 11 is 0. The summed E-state index contributed by atoms with van der Waals surface area (Å²) in [5, 5.41) is 0. The monoisotopic (exact) mass is 328 g/mol. The highest BCUT2D eigenvalue weighted by atomic mass is 16.2. The van der Waals surface area contributed by atoms with E-state index in [0.717, 1.165) is 51.7 Å². The Labute approximate surface area is 144 Å². The molecule has 3 rings (SSSR count). The van der Waals surface area contributed by atoms with Crippen molar-refractivity contribution in [2.75, 3.05) is 26.2 Å². The van der Waals surface area contributed by atoms with Crippen molar-refractivity contribution in [1.82, 2.24) is 9.80 Å². The van der Waals surface area contributed by atoms with Crippen LogP contribution in [-0.2, 0) is 9.59 Å². The van der Waals surface area contributed by atoms with Crippen LogP contribution in [0.25, 0.3) is 0 Å². The van der Waals surface area contributed by atoms with Gasteiger partial charge in [-0.1, -0.05) is 36.2 Å². The molecule has 2 aliphatic rings. The number of nitrogens with zero attached hydrogens (tertiary/aromatic N) is 2. The number of hydrogen-bond donors (Lipinski definition) is 0. The zero-order chi connectivity index (χ0) is 16.9. The van der Waals surface area contributed by atoms with Crippen LogP contribution >= 0.6 is 0 Å². The lowest BCUT2D eigenvalue weighted by atomic mass is 9.90. The Bertz CT molecular complexity index is 599. The Morgan fingerprint density at radius 1 is 1.17 bits per heavy atom. The molecule has 4 heteroatoms. The van der Waals surface area contributed by atoms with Crippen molar-refractivity contribution in [3.05, 3.63) is 35.4 Å². The molecule has 24 heavy (non-hydrogen) atoms. The van der Waals surface area contributed by atoms with E-state index in [2.05, 4.69) is 31.2 Å². The van der Waals surface area contributed by atoms with Gasteiger partial charge in [0, 0.05) is 32.0 Å². The minimum Gasteiger partial charge on any atom is -0.341 e. The van der Waals surface area contributed by atoms with Crippen molar-refractivity contribution in [2.45, 2.75) is 51.4 Å². The molecule has 1 aromatic rings. The highest BCUT2D eigenvalue weighted by molar-refractivity contribution is 5.85. The first-order valence-corrected chi connectivity index (χ1v) is 9.25. The molecule has 0 N–H and O–H groups in total. The number of aryl methyl sites for hydroxylation is 1. The number of benzene rings is 1. The molecule has 130 valence electrons. The number of carbonyl (C=O) groups excluding carboxylic acids is 2. The smallest absolute Gasteiger partial charge is 0.242 e. The molecular formula is C20H28N2O2. The maximum absolute atomic E-state index is 12.7. The molecule has 2 fully saturated rings. The van der Waals surface area contributed by atoms with Crippen LogP contribution in [0.1, 0.15) is 55.6 Å². The van der Waals surface area contributed by atoms with E-state index in [1.165, 1.54) is 11.1 Å². The van der Waals surface area contributed by atoms with E-state index in [1.807, 2.05) is 4.90 Å². The predicted octanol–water partition coefficient (Wildman–Crippen LogP) is 3.10. The van der Waals surface area contributed by atoms with Crippen molar-refractivity contribution in [1.29, 1.82) is 0 Å². The minimum atomic E-state index is 0.114. The third-order valence-corrected chi connectivity index (χ3v) is 5.29. The van der Waals surface area contributed by atoms with E-state index < -0.39 is 0 Å². The molecule has 1 unspecified atom stereocenters. The summed E-state index contributed by atoms with van der Waals surface area (Å²) in [7, 11) is 0. The number of hydrogen-bond acceptors (Lipinski definition) is 2. The van der Waals surface area contributed by atoms with Gasteiger partial charge in [-0.2, -0.15) is 0 Å². The van der Waals surface area contributed by atoms with Crippen LogP contribution in [0.3, 0.4) is 0 Å². The number of likely N-dealkylation sites (tertiary alicyclic amines) is 2. The summed E-state index contributed by atoms with van der Waals surface area (Å²) in [6.45, 7) is 4.72. The molecule has 1 aromatic carbocycles. The summed E-state index contributed by atoms with van der Waals surface area (Å²) < 4.78 is 0. The fourth-order valence-electron chi connectivity index (χ4n) is 3.87. The average Bonchev–Trinajstić information content (AvgIpc) is 2.80. The number of piperidine rings is 1. The highest BCUT2D eigenvalue weighted by Crippen LogP contribution is 2.27. The van der Waals surface area contributed by atoms with E-state index in [0.29, 0.717) is 12.3 Å². The normalized spacial score (nSPS) is 22.4. The van der Waals surface area contributed by atoms with E-state index >= 15 is 0 Å². The molecule has 0 radical (unpaired) electrons. The fraction of sp³-hybridized carbons (Fsp3) is 0.600. The third-order valence-electron chi connectivity index (χ3n) is 5.29. The molecule has 2 amide bonds. The van der Waals surface area contributed by atoms with E-state index in [4.69, 9.17) is 0 Å². The molecule has 0 bridgehead atoms. The molecule has 1 atom stereocenters. The van der Waals surface area contributed by atoms with Gasteiger partial charge in [0.2, 0.25) is 11.8 Å². The van der Waals surface area contributed by atoms with Crippen LogP contribution in [-0.4, -0.2) is 47.8 Å². The summed E-state index contributed by atoms with van der Waals surface area (Å²) in [5.41, 5.74) is 2.60. The Morgan fingerprint density at radius 3 is 2.88 bits per heavy atom. The molecule has 2 heterocycles. The number of amides is 2. The quantitative estimate of drug-likeness (QED) is 0.855. The van der Waals surface area contributed by atoms with Crippen LogP contribution in [0.2, 0.25) is 0 Å². The summed E-state index contributed by atoms with van der Waals surface area (Å²) in [6.07, 6.45) is 5.84. The first kappa shape index (κ1) is 17.0. The molecule has 2 saturated heterocycles. The van der Waals surface area contributed by atoms with Gasteiger partial charge >= 0.3 is 0 Å². The van der Waals surface area contributed by atoms with Gasteiger partial charge in [-0.15, -0.1) is 0 Å². The lowest BCUT2D eigenvalue weighted by Crippen LogP contribution is -2.46. The Morgan fingerprint density at radius 2 is 2.04 bits per heavy atom. The van der Waals surface area contributed by atoms with Crippen LogP contribution in [0, 0.1) is 6.92 Å². The maximum Gasteiger partial charge on any atom is 0.242 e. The number of carbonyl (C=O) groups is 2. The first-order valence-electron chi connectivity index (χ1n) is 9.25. The second-order valence-corrected chi connectivity index (χ2v) is 7.22. The zero-order valence-corrected chi connectivity index (χ0v) is 14.7.